The molecule has 0 fully saturated rings. The van der Waals surface area contributed by atoms with Gasteiger partial charge >= 0.3 is 5.97 Å². The number of nitrogens with one attached hydrogen (secondary N) is 1. The van der Waals surface area contributed by atoms with E-state index in [2.05, 4.69) is 10.3 Å². The molecule has 6 heteroatoms. The molecule has 0 heterocycles. The Labute approximate surface area is 70.6 Å². The first-order valence-corrected chi connectivity index (χ1v) is 3.57. The van der Waals surface area contributed by atoms with Crippen LogP contribution in [0.1, 0.15) is 6.42 Å². The third kappa shape index (κ3) is 5.63. The molecule has 0 aromatic heterocycles. The topological polar surface area (TPSA) is 114 Å². The van der Waals surface area contributed by atoms with Gasteiger partial charge in [-0.05, 0) is 13.0 Å². The maximum Gasteiger partial charge on any atom is 0.320 e. The third-order valence-electron chi connectivity index (χ3n) is 1.26. The number of aliphatic carboxylic acids is 1. The molecule has 0 amide bonds. The molecule has 0 bridgehead atoms. The quantitative estimate of drug-likeness (QED) is 0.218. The van der Waals surface area contributed by atoms with Crippen LogP contribution in [0.2, 0.25) is 0 Å². The van der Waals surface area contributed by atoms with Crippen molar-refractivity contribution >= 4 is 12.3 Å². The molecular weight excluding hydrogens is 160 g/mol. The van der Waals surface area contributed by atoms with E-state index in [-0.39, 0.29) is 0 Å². The molecule has 6 N–H and O–H groups in total. The van der Waals surface area contributed by atoms with Crippen molar-refractivity contribution in [1.82, 2.24) is 5.32 Å². The molecule has 12 heavy (non-hydrogen) atoms. The number of nitrogens with two attached hydrogens (primary N) is 2. The number of hydrogen-bond donors (Lipinski definition) is 4. The van der Waals surface area contributed by atoms with E-state index in [9.17, 15) is 4.79 Å². The Morgan fingerprint density at radius 1 is 1.75 bits per heavy atom. The lowest BCUT2D eigenvalue weighted by Gasteiger charge is -2.05. The summed E-state index contributed by atoms with van der Waals surface area (Å²) in [5.74, 6) is -0.987. The minimum Gasteiger partial charge on any atom is -0.480 e. The second-order valence-corrected chi connectivity index (χ2v) is 2.22. The number of carboxylic acid groups (broad SMARTS) is 1. The maximum atomic E-state index is 10.2. The van der Waals surface area contributed by atoms with Crippen molar-refractivity contribution in [2.45, 2.75) is 12.5 Å². The number of nitrogens with zero attached hydrogens (tertiary/aromatic N) is 1. The number of rotatable bonds is 6. The highest BCUT2D eigenvalue weighted by Crippen LogP contribution is 1.84. The largest absolute Gasteiger partial charge is 0.480 e. The Kier molecular flexibility index (Phi) is 5.94. The summed E-state index contributed by atoms with van der Waals surface area (Å²) in [4.78, 5) is 13.9. The Hall–Kier alpha value is -1.14. The van der Waals surface area contributed by atoms with Crippen LogP contribution in [-0.2, 0) is 4.79 Å². The lowest BCUT2D eigenvalue weighted by atomic mass is 10.2. The monoisotopic (exact) mass is 174 g/mol. The van der Waals surface area contributed by atoms with E-state index in [1.165, 1.54) is 6.34 Å². The number of carboxylic acids is 1. The lowest BCUT2D eigenvalue weighted by molar-refractivity contribution is -0.138. The molecule has 0 spiro atoms. The standard InChI is InChI=1S/C6H14N4O2/c7-3-10-4-9-2-1-5(8)6(11)12/h3,5,9H,1-2,4,8H2,(H2,7,10)(H,11,12)/t5-/m0/s1. The number of carbonyl (C=O) groups is 1. The van der Waals surface area contributed by atoms with Gasteiger partial charge in [0.25, 0.3) is 0 Å². The van der Waals surface area contributed by atoms with E-state index >= 15 is 0 Å². The summed E-state index contributed by atoms with van der Waals surface area (Å²) in [6.45, 7) is 0.910. The predicted molar refractivity (Wildman–Crippen MR) is 45.8 cm³/mol. The fraction of sp³-hybridized carbons (Fsp3) is 0.667. The Balaban J connectivity index is 3.25. The molecule has 6 nitrogen and oxygen atoms in total. The van der Waals surface area contributed by atoms with Gasteiger partial charge < -0.3 is 16.6 Å². The van der Waals surface area contributed by atoms with Gasteiger partial charge in [0.1, 0.15) is 6.04 Å². The van der Waals surface area contributed by atoms with Gasteiger partial charge in [0.05, 0.1) is 13.0 Å². The van der Waals surface area contributed by atoms with Crippen LogP contribution in [0.3, 0.4) is 0 Å². The molecule has 0 saturated heterocycles. The first kappa shape index (κ1) is 10.9. The molecule has 0 aromatic rings. The summed E-state index contributed by atoms with van der Waals surface area (Å²) in [6.07, 6.45) is 1.57. The van der Waals surface area contributed by atoms with Crippen molar-refractivity contribution in [3.8, 4) is 0 Å². The number of aliphatic imine (C=N–C) groups is 1. The summed E-state index contributed by atoms with van der Waals surface area (Å²) < 4.78 is 0. The van der Waals surface area contributed by atoms with Crippen molar-refractivity contribution < 1.29 is 9.90 Å². The van der Waals surface area contributed by atoms with Gasteiger partial charge in [-0.1, -0.05) is 0 Å². The van der Waals surface area contributed by atoms with E-state index in [1.54, 1.807) is 0 Å². The zero-order chi connectivity index (χ0) is 9.40. The van der Waals surface area contributed by atoms with E-state index in [1.807, 2.05) is 0 Å². The van der Waals surface area contributed by atoms with Gasteiger partial charge in [0.15, 0.2) is 0 Å². The lowest BCUT2D eigenvalue weighted by Crippen LogP contribution is -2.33. The van der Waals surface area contributed by atoms with Gasteiger partial charge in [-0.2, -0.15) is 0 Å². The van der Waals surface area contributed by atoms with Crippen LogP contribution in [0.25, 0.3) is 0 Å². The summed E-state index contributed by atoms with van der Waals surface area (Å²) in [5, 5.41) is 11.2. The molecule has 0 aliphatic heterocycles. The van der Waals surface area contributed by atoms with Gasteiger partial charge in [-0.3, -0.25) is 15.1 Å². The average molecular weight is 174 g/mol. The Bertz CT molecular complexity index is 160. The predicted octanol–water partition coefficient (Wildman–Crippen LogP) is -1.68. The fourth-order valence-corrected chi connectivity index (χ4v) is 0.577. The minimum atomic E-state index is -0.987. The van der Waals surface area contributed by atoms with Crippen LogP contribution in [0, 0.1) is 0 Å². The molecule has 0 aromatic carbocycles. The fourth-order valence-electron chi connectivity index (χ4n) is 0.577. The molecule has 0 unspecified atom stereocenters. The Morgan fingerprint density at radius 3 is 2.92 bits per heavy atom. The summed E-state index contributed by atoms with van der Waals surface area (Å²) >= 11 is 0. The highest BCUT2D eigenvalue weighted by Gasteiger charge is 2.09. The van der Waals surface area contributed by atoms with Gasteiger partial charge in [-0.25, -0.2) is 0 Å². The SMILES string of the molecule is N/C=N/CNCC[C@H](N)C(=O)O. The van der Waals surface area contributed by atoms with E-state index < -0.39 is 12.0 Å². The van der Waals surface area contributed by atoms with Crippen molar-refractivity contribution in [1.29, 1.82) is 0 Å². The van der Waals surface area contributed by atoms with Gasteiger partial charge in [0, 0.05) is 0 Å². The van der Waals surface area contributed by atoms with Crippen LogP contribution in [0.4, 0.5) is 0 Å². The van der Waals surface area contributed by atoms with Gasteiger partial charge in [-0.15, -0.1) is 0 Å². The van der Waals surface area contributed by atoms with Gasteiger partial charge in [0.2, 0.25) is 0 Å². The summed E-state index contributed by atoms with van der Waals surface area (Å²) in [5.41, 5.74) is 10.2. The Morgan fingerprint density at radius 2 is 2.42 bits per heavy atom. The zero-order valence-electron chi connectivity index (χ0n) is 6.73. The molecule has 1 atom stereocenters. The first-order valence-electron chi connectivity index (χ1n) is 3.57. The molecule has 0 aliphatic rings. The van der Waals surface area contributed by atoms with Crippen molar-refractivity contribution in [3.05, 3.63) is 0 Å². The molecule has 0 radical (unpaired) electrons. The molecule has 0 rings (SSSR count). The van der Waals surface area contributed by atoms with E-state index in [0.29, 0.717) is 19.6 Å². The molecule has 70 valence electrons. The molecule has 0 aliphatic carbocycles. The molecule has 0 saturated carbocycles. The van der Waals surface area contributed by atoms with Crippen LogP contribution < -0.4 is 16.8 Å². The van der Waals surface area contributed by atoms with E-state index in [4.69, 9.17) is 16.6 Å². The van der Waals surface area contributed by atoms with Crippen LogP contribution >= 0.6 is 0 Å². The third-order valence-corrected chi connectivity index (χ3v) is 1.26. The summed E-state index contributed by atoms with van der Waals surface area (Å²) in [7, 11) is 0. The second-order valence-electron chi connectivity index (χ2n) is 2.22. The van der Waals surface area contributed by atoms with Crippen molar-refractivity contribution in [2.24, 2.45) is 16.5 Å². The highest BCUT2D eigenvalue weighted by molar-refractivity contribution is 5.72. The normalized spacial score (nSPS) is 13.4. The van der Waals surface area contributed by atoms with Crippen molar-refractivity contribution in [3.63, 3.8) is 0 Å². The maximum absolute atomic E-state index is 10.2. The highest BCUT2D eigenvalue weighted by atomic mass is 16.4. The van der Waals surface area contributed by atoms with Crippen LogP contribution in [0.5, 0.6) is 0 Å². The van der Waals surface area contributed by atoms with Crippen molar-refractivity contribution in [2.75, 3.05) is 13.2 Å². The second kappa shape index (κ2) is 6.56. The van der Waals surface area contributed by atoms with Crippen LogP contribution in [-0.4, -0.2) is 36.7 Å². The van der Waals surface area contributed by atoms with Crippen LogP contribution in [0.15, 0.2) is 4.99 Å². The number of hydrogen-bond acceptors (Lipinski definition) is 4. The molecular formula is C6H14N4O2. The smallest absolute Gasteiger partial charge is 0.320 e. The average Bonchev–Trinajstić information content (AvgIpc) is 2.03. The summed E-state index contributed by atoms with van der Waals surface area (Å²) in [6, 6.07) is -0.806. The zero-order valence-corrected chi connectivity index (χ0v) is 6.73. The minimum absolute atomic E-state index is 0.384. The van der Waals surface area contributed by atoms with E-state index in [0.717, 1.165) is 0 Å². The first-order chi connectivity index (χ1) is 5.68.